The Morgan fingerprint density at radius 1 is 0.535 bits per heavy atom. The van der Waals surface area contributed by atoms with Gasteiger partial charge in [0.2, 0.25) is 0 Å². The van der Waals surface area contributed by atoms with Crippen molar-refractivity contribution >= 4 is 44.7 Å². The molecule has 7 rings (SSSR count). The summed E-state index contributed by atoms with van der Waals surface area (Å²) in [6.07, 6.45) is 4.01. The second kappa shape index (κ2) is 10.3. The highest BCUT2D eigenvalue weighted by molar-refractivity contribution is 6.12. The summed E-state index contributed by atoms with van der Waals surface area (Å²) in [5.41, 5.74) is 11.8. The van der Waals surface area contributed by atoms with Crippen molar-refractivity contribution in [3.8, 4) is 27.9 Å². The van der Waals surface area contributed by atoms with Crippen LogP contribution in [-0.4, -0.2) is 4.57 Å². The van der Waals surface area contributed by atoms with E-state index >= 15 is 0 Å². The van der Waals surface area contributed by atoms with Crippen LogP contribution < -0.4 is 0 Å². The van der Waals surface area contributed by atoms with Gasteiger partial charge in [0.25, 0.3) is 0 Å². The minimum atomic E-state index is -0.115. The molecule has 0 spiro atoms. The summed E-state index contributed by atoms with van der Waals surface area (Å²) in [6.45, 7) is 15.6. The molecule has 208 valence electrons. The molecule has 7 aromatic rings. The van der Waals surface area contributed by atoms with Crippen molar-refractivity contribution in [1.29, 1.82) is 0 Å². The van der Waals surface area contributed by atoms with Gasteiger partial charge in [0, 0.05) is 16.5 Å². The van der Waals surface area contributed by atoms with Crippen LogP contribution in [0.1, 0.15) is 37.5 Å². The SMILES string of the molecule is C=Cc1c(C=C)c(-c2ccc(-n3c4ccccc4c4ccccc43)cc2C(C)(C)C)c2ccccc2c1-c1ccccc1. The molecule has 0 aliphatic rings. The molecular weight excluding hydrogens is 518 g/mol. The molecular formula is C42H35N. The van der Waals surface area contributed by atoms with Gasteiger partial charge in [0.1, 0.15) is 0 Å². The topological polar surface area (TPSA) is 4.93 Å². The van der Waals surface area contributed by atoms with E-state index in [2.05, 4.69) is 160 Å². The summed E-state index contributed by atoms with van der Waals surface area (Å²) >= 11 is 0. The molecule has 0 N–H and O–H groups in total. The van der Waals surface area contributed by atoms with Gasteiger partial charge < -0.3 is 4.57 Å². The molecule has 0 aliphatic carbocycles. The maximum absolute atomic E-state index is 4.33. The minimum absolute atomic E-state index is 0.115. The fourth-order valence-corrected chi connectivity index (χ4v) is 6.82. The zero-order valence-electron chi connectivity index (χ0n) is 25.1. The van der Waals surface area contributed by atoms with E-state index in [4.69, 9.17) is 0 Å². The van der Waals surface area contributed by atoms with Crippen LogP contribution >= 0.6 is 0 Å². The molecule has 0 saturated heterocycles. The molecule has 1 nitrogen and oxygen atoms in total. The quantitative estimate of drug-likeness (QED) is 0.200. The first-order valence-corrected chi connectivity index (χ1v) is 14.9. The number of para-hydroxylation sites is 2. The lowest BCUT2D eigenvalue weighted by molar-refractivity contribution is 0.591. The van der Waals surface area contributed by atoms with Crippen LogP contribution in [0, 0.1) is 0 Å². The van der Waals surface area contributed by atoms with Crippen molar-refractivity contribution in [2.24, 2.45) is 0 Å². The van der Waals surface area contributed by atoms with Gasteiger partial charge in [0.15, 0.2) is 0 Å². The van der Waals surface area contributed by atoms with E-state index in [-0.39, 0.29) is 5.41 Å². The van der Waals surface area contributed by atoms with Crippen molar-refractivity contribution in [3.63, 3.8) is 0 Å². The van der Waals surface area contributed by atoms with Crippen molar-refractivity contribution in [1.82, 2.24) is 4.57 Å². The molecule has 0 fully saturated rings. The average Bonchev–Trinajstić information content (AvgIpc) is 3.37. The number of benzene rings is 6. The highest BCUT2D eigenvalue weighted by Crippen LogP contribution is 2.46. The number of fused-ring (bicyclic) bond motifs is 4. The van der Waals surface area contributed by atoms with Crippen LogP contribution in [0.4, 0.5) is 0 Å². The Bertz CT molecular complexity index is 2130. The van der Waals surface area contributed by atoms with E-state index in [0.717, 1.165) is 11.1 Å². The monoisotopic (exact) mass is 553 g/mol. The van der Waals surface area contributed by atoms with Gasteiger partial charge in [-0.1, -0.05) is 143 Å². The standard InChI is InChI=1S/C42H35N/c1-6-30-31(7-2)41(35-22-12-11-21-34(35)40(30)28-17-9-8-10-18-28)36-26-25-29(27-37(36)42(3,4)5)43-38-23-15-13-19-32(38)33-20-14-16-24-39(33)43/h6-27H,1-2H2,3-5H3. The van der Waals surface area contributed by atoms with E-state index in [0.29, 0.717) is 0 Å². The summed E-state index contributed by atoms with van der Waals surface area (Å²) in [7, 11) is 0. The lowest BCUT2D eigenvalue weighted by Gasteiger charge is -2.27. The van der Waals surface area contributed by atoms with Crippen LogP contribution in [0.3, 0.4) is 0 Å². The molecule has 6 aromatic carbocycles. The van der Waals surface area contributed by atoms with E-state index in [1.165, 1.54) is 66.1 Å². The third-order valence-electron chi connectivity index (χ3n) is 8.68. The van der Waals surface area contributed by atoms with Gasteiger partial charge in [-0.15, -0.1) is 0 Å². The lowest BCUT2D eigenvalue weighted by atomic mass is 9.77. The van der Waals surface area contributed by atoms with E-state index in [9.17, 15) is 0 Å². The molecule has 0 unspecified atom stereocenters. The molecule has 0 aliphatic heterocycles. The summed E-state index contributed by atoms with van der Waals surface area (Å²) in [5, 5.41) is 4.98. The van der Waals surface area contributed by atoms with Crippen LogP contribution in [-0.2, 0) is 5.41 Å². The van der Waals surface area contributed by atoms with E-state index in [1.807, 2.05) is 12.2 Å². The molecule has 0 radical (unpaired) electrons. The first-order chi connectivity index (χ1) is 20.9. The number of rotatable bonds is 5. The Morgan fingerprint density at radius 2 is 1.02 bits per heavy atom. The first kappa shape index (κ1) is 26.7. The molecule has 43 heavy (non-hydrogen) atoms. The Balaban J connectivity index is 1.57. The molecule has 0 amide bonds. The molecule has 0 bridgehead atoms. The Kier molecular flexibility index (Phi) is 6.40. The summed E-state index contributed by atoms with van der Waals surface area (Å²) < 4.78 is 2.41. The third-order valence-corrected chi connectivity index (χ3v) is 8.68. The maximum atomic E-state index is 4.33. The van der Waals surface area contributed by atoms with Crippen molar-refractivity contribution in [2.75, 3.05) is 0 Å². The van der Waals surface area contributed by atoms with Gasteiger partial charge in [-0.05, 0) is 79.4 Å². The molecule has 1 heterocycles. The highest BCUT2D eigenvalue weighted by atomic mass is 15.0. The Hall–Kier alpha value is -5.14. The van der Waals surface area contributed by atoms with Crippen LogP contribution in [0.15, 0.2) is 134 Å². The second-order valence-electron chi connectivity index (χ2n) is 12.2. The number of hydrogen-bond acceptors (Lipinski definition) is 0. The van der Waals surface area contributed by atoms with Gasteiger partial charge in [-0.3, -0.25) is 0 Å². The van der Waals surface area contributed by atoms with Gasteiger partial charge in [-0.2, -0.15) is 0 Å². The molecule has 0 saturated carbocycles. The number of aromatic nitrogens is 1. The Labute approximate surface area is 254 Å². The third kappa shape index (κ3) is 4.23. The fourth-order valence-electron chi connectivity index (χ4n) is 6.82. The normalized spacial score (nSPS) is 11.8. The van der Waals surface area contributed by atoms with E-state index < -0.39 is 0 Å². The smallest absolute Gasteiger partial charge is 0.0541 e. The largest absolute Gasteiger partial charge is 0.309 e. The maximum Gasteiger partial charge on any atom is 0.0541 e. The van der Waals surface area contributed by atoms with Gasteiger partial charge in [0.05, 0.1) is 11.0 Å². The van der Waals surface area contributed by atoms with Crippen molar-refractivity contribution in [2.45, 2.75) is 26.2 Å². The van der Waals surface area contributed by atoms with Crippen molar-refractivity contribution in [3.05, 3.63) is 151 Å². The highest BCUT2D eigenvalue weighted by Gasteiger charge is 2.25. The summed E-state index contributed by atoms with van der Waals surface area (Å²) in [6, 6.07) is 43.8. The zero-order chi connectivity index (χ0) is 29.7. The molecule has 0 atom stereocenters. The predicted molar refractivity (Wildman–Crippen MR) is 188 cm³/mol. The molecule has 1 aromatic heterocycles. The molecule has 1 heteroatoms. The van der Waals surface area contributed by atoms with E-state index in [1.54, 1.807) is 0 Å². The minimum Gasteiger partial charge on any atom is -0.309 e. The fraction of sp³-hybridized carbons (Fsp3) is 0.0952. The van der Waals surface area contributed by atoms with Gasteiger partial charge in [-0.25, -0.2) is 0 Å². The number of hydrogen-bond donors (Lipinski definition) is 0. The van der Waals surface area contributed by atoms with Crippen LogP contribution in [0.25, 0.3) is 72.7 Å². The van der Waals surface area contributed by atoms with Crippen molar-refractivity contribution < 1.29 is 0 Å². The summed E-state index contributed by atoms with van der Waals surface area (Å²) in [5.74, 6) is 0. The predicted octanol–water partition coefficient (Wildman–Crippen LogP) is 11.9. The van der Waals surface area contributed by atoms with Crippen LogP contribution in [0.5, 0.6) is 0 Å². The lowest BCUT2D eigenvalue weighted by Crippen LogP contribution is -2.14. The zero-order valence-corrected chi connectivity index (χ0v) is 25.1. The van der Waals surface area contributed by atoms with Crippen LogP contribution in [0.2, 0.25) is 0 Å². The average molecular weight is 554 g/mol. The second-order valence-corrected chi connectivity index (χ2v) is 12.2. The van der Waals surface area contributed by atoms with Gasteiger partial charge >= 0.3 is 0 Å². The summed E-state index contributed by atoms with van der Waals surface area (Å²) in [4.78, 5) is 0. The Morgan fingerprint density at radius 3 is 1.58 bits per heavy atom. The first-order valence-electron chi connectivity index (χ1n) is 14.9. The number of nitrogens with zero attached hydrogens (tertiary/aromatic N) is 1.